The number of carbonyl (C=O) groups is 1. The number of rotatable bonds is 9. The van der Waals surface area contributed by atoms with Crippen molar-refractivity contribution in [3.63, 3.8) is 0 Å². The molecule has 0 heterocycles. The highest BCUT2D eigenvalue weighted by Crippen LogP contribution is 2.26. The van der Waals surface area contributed by atoms with Gasteiger partial charge in [0.25, 0.3) is 10.0 Å². The van der Waals surface area contributed by atoms with Crippen LogP contribution in [0, 0.1) is 0 Å². The fraction of sp³-hybridized carbons (Fsp3) is 0.174. The van der Waals surface area contributed by atoms with Gasteiger partial charge < -0.3 is 10.1 Å². The van der Waals surface area contributed by atoms with E-state index >= 15 is 0 Å². The van der Waals surface area contributed by atoms with Crippen LogP contribution in [0.1, 0.15) is 17.3 Å². The van der Waals surface area contributed by atoms with Crippen molar-refractivity contribution in [2.45, 2.75) is 11.8 Å². The first kappa shape index (κ1) is 22.8. The lowest BCUT2D eigenvalue weighted by atomic mass is 10.1. The summed E-state index contributed by atoms with van der Waals surface area (Å²) in [6.07, 6.45) is 0. The summed E-state index contributed by atoms with van der Waals surface area (Å²) in [6.45, 7) is 2.19. The van der Waals surface area contributed by atoms with Gasteiger partial charge in [0.1, 0.15) is 5.75 Å². The second-order valence-corrected chi connectivity index (χ2v) is 9.37. The third kappa shape index (κ3) is 5.26. The Balaban J connectivity index is 1.70. The normalized spacial score (nSPS) is 11.1. The Morgan fingerprint density at radius 1 is 1.03 bits per heavy atom. The van der Waals surface area contributed by atoms with Crippen molar-refractivity contribution in [3.8, 4) is 5.75 Å². The predicted molar refractivity (Wildman–Crippen MR) is 127 cm³/mol. The number of nitrogens with one attached hydrogen (secondary N) is 1. The van der Waals surface area contributed by atoms with Crippen molar-refractivity contribution in [1.82, 2.24) is 0 Å². The predicted octanol–water partition coefficient (Wildman–Crippen LogP) is 4.97. The minimum atomic E-state index is -3.69. The van der Waals surface area contributed by atoms with Crippen molar-refractivity contribution in [2.24, 2.45) is 0 Å². The number of carbonyl (C=O) groups excluding carboxylic acids is 1. The molecule has 0 aliphatic rings. The first-order valence-corrected chi connectivity index (χ1v) is 11.9. The lowest BCUT2D eigenvalue weighted by Gasteiger charge is -2.23. The van der Waals surface area contributed by atoms with E-state index in [0.29, 0.717) is 33.7 Å². The summed E-state index contributed by atoms with van der Waals surface area (Å²) in [6, 6.07) is 20.5. The zero-order valence-corrected chi connectivity index (χ0v) is 19.6. The van der Waals surface area contributed by atoms with Crippen LogP contribution in [-0.4, -0.2) is 34.4 Å². The highest BCUT2D eigenvalue weighted by atomic mass is 79.9. The fourth-order valence-electron chi connectivity index (χ4n) is 3.08. The Hall–Kier alpha value is -2.84. The number of benzene rings is 3. The van der Waals surface area contributed by atoms with Gasteiger partial charge in [0, 0.05) is 17.8 Å². The molecule has 0 amide bonds. The van der Waals surface area contributed by atoms with E-state index in [4.69, 9.17) is 4.74 Å². The molecule has 0 bridgehead atoms. The van der Waals surface area contributed by atoms with E-state index in [1.54, 1.807) is 68.6 Å². The molecule has 0 atom stereocenters. The molecule has 6 nitrogen and oxygen atoms in total. The molecule has 3 aromatic rings. The largest absolute Gasteiger partial charge is 0.496 e. The van der Waals surface area contributed by atoms with E-state index in [1.165, 1.54) is 16.4 Å². The number of nitrogens with zero attached hydrogens (tertiary/aromatic N) is 1. The standard InChI is InChI=1S/C23H23BrN2O4S/c1-3-26(19-7-5-4-6-8-19)31(28,29)20-12-10-18(11-13-20)25-16-22(27)17-9-14-23(30-2)21(24)15-17/h4-15,25H,3,16H2,1-2H3. The highest BCUT2D eigenvalue weighted by molar-refractivity contribution is 9.10. The van der Waals surface area contributed by atoms with E-state index in [-0.39, 0.29) is 17.2 Å². The van der Waals surface area contributed by atoms with Gasteiger partial charge in [0.2, 0.25) is 0 Å². The van der Waals surface area contributed by atoms with E-state index in [1.807, 2.05) is 6.07 Å². The van der Waals surface area contributed by atoms with Gasteiger partial charge in [-0.1, -0.05) is 18.2 Å². The molecular weight excluding hydrogens is 480 g/mol. The minimum absolute atomic E-state index is 0.0793. The summed E-state index contributed by atoms with van der Waals surface area (Å²) < 4.78 is 33.3. The molecule has 8 heteroatoms. The molecule has 1 N–H and O–H groups in total. The Morgan fingerprint density at radius 3 is 2.29 bits per heavy atom. The van der Waals surface area contributed by atoms with Crippen LogP contribution in [-0.2, 0) is 10.0 Å². The number of halogens is 1. The third-order valence-electron chi connectivity index (χ3n) is 4.70. The number of hydrogen-bond donors (Lipinski definition) is 1. The maximum absolute atomic E-state index is 13.0. The van der Waals surface area contributed by atoms with Gasteiger partial charge in [-0.2, -0.15) is 0 Å². The number of ketones is 1. The lowest BCUT2D eigenvalue weighted by Crippen LogP contribution is -2.30. The van der Waals surface area contributed by atoms with E-state index in [9.17, 15) is 13.2 Å². The summed E-state index contributed by atoms with van der Waals surface area (Å²) in [5.74, 6) is 0.555. The number of para-hydroxylation sites is 1. The quantitative estimate of drug-likeness (QED) is 0.418. The van der Waals surface area contributed by atoms with E-state index in [2.05, 4.69) is 21.2 Å². The molecule has 0 radical (unpaired) electrons. The zero-order chi connectivity index (χ0) is 22.4. The van der Waals surface area contributed by atoms with Crippen molar-refractivity contribution >= 4 is 43.1 Å². The molecule has 3 aromatic carbocycles. The van der Waals surface area contributed by atoms with Gasteiger partial charge in [0.15, 0.2) is 5.78 Å². The number of sulfonamides is 1. The summed E-state index contributed by atoms with van der Waals surface area (Å²) in [7, 11) is -2.12. The molecule has 0 aliphatic heterocycles. The van der Waals surface area contributed by atoms with Crippen molar-refractivity contribution < 1.29 is 17.9 Å². The fourth-order valence-corrected chi connectivity index (χ4v) is 5.10. The summed E-state index contributed by atoms with van der Waals surface area (Å²) in [5.41, 5.74) is 1.81. The Labute approximate surface area is 191 Å². The summed E-state index contributed by atoms with van der Waals surface area (Å²) in [5, 5.41) is 3.04. The zero-order valence-electron chi connectivity index (χ0n) is 17.2. The maximum atomic E-state index is 13.0. The second kappa shape index (κ2) is 9.98. The summed E-state index contributed by atoms with van der Waals surface area (Å²) in [4.78, 5) is 12.6. The lowest BCUT2D eigenvalue weighted by molar-refractivity contribution is 0.101. The van der Waals surface area contributed by atoms with Gasteiger partial charge in [0.05, 0.1) is 28.7 Å². The molecule has 162 valence electrons. The molecule has 0 saturated carbocycles. The van der Waals surface area contributed by atoms with Crippen molar-refractivity contribution in [1.29, 1.82) is 0 Å². The van der Waals surface area contributed by atoms with Crippen molar-refractivity contribution in [3.05, 3.63) is 82.8 Å². The minimum Gasteiger partial charge on any atom is -0.496 e. The number of ether oxygens (including phenoxy) is 1. The average molecular weight is 503 g/mol. The number of Topliss-reactive ketones (excluding diaryl/α,β-unsaturated/α-hetero) is 1. The molecule has 31 heavy (non-hydrogen) atoms. The first-order chi connectivity index (χ1) is 14.9. The highest BCUT2D eigenvalue weighted by Gasteiger charge is 2.23. The van der Waals surface area contributed by atoms with Gasteiger partial charge in [-0.15, -0.1) is 0 Å². The van der Waals surface area contributed by atoms with E-state index in [0.717, 1.165) is 0 Å². The van der Waals surface area contributed by atoms with Crippen LogP contribution in [0.2, 0.25) is 0 Å². The van der Waals surface area contributed by atoms with Crippen LogP contribution >= 0.6 is 15.9 Å². The Bertz CT molecular complexity index is 1150. The third-order valence-corrected chi connectivity index (χ3v) is 7.24. The average Bonchev–Trinajstić information content (AvgIpc) is 2.78. The SMILES string of the molecule is CCN(c1ccccc1)S(=O)(=O)c1ccc(NCC(=O)c2ccc(OC)c(Br)c2)cc1. The molecule has 0 saturated heterocycles. The summed E-state index contributed by atoms with van der Waals surface area (Å²) >= 11 is 3.37. The van der Waals surface area contributed by atoms with Crippen LogP contribution in [0.3, 0.4) is 0 Å². The molecule has 0 unspecified atom stereocenters. The van der Waals surface area contributed by atoms with Crippen LogP contribution in [0.15, 0.2) is 82.2 Å². The molecule has 0 aromatic heterocycles. The first-order valence-electron chi connectivity index (χ1n) is 9.65. The van der Waals surface area contributed by atoms with Crippen LogP contribution < -0.4 is 14.4 Å². The maximum Gasteiger partial charge on any atom is 0.264 e. The van der Waals surface area contributed by atoms with Crippen LogP contribution in [0.25, 0.3) is 0 Å². The Morgan fingerprint density at radius 2 is 1.71 bits per heavy atom. The van der Waals surface area contributed by atoms with E-state index < -0.39 is 10.0 Å². The topological polar surface area (TPSA) is 75.7 Å². The number of hydrogen-bond acceptors (Lipinski definition) is 5. The van der Waals surface area contributed by atoms with Crippen LogP contribution in [0.4, 0.5) is 11.4 Å². The molecule has 0 aliphatic carbocycles. The smallest absolute Gasteiger partial charge is 0.264 e. The number of methoxy groups -OCH3 is 1. The van der Waals surface area contributed by atoms with Gasteiger partial charge in [-0.05, 0) is 77.5 Å². The van der Waals surface area contributed by atoms with Gasteiger partial charge in [-0.25, -0.2) is 8.42 Å². The molecule has 0 fully saturated rings. The molecule has 3 rings (SSSR count). The molecular formula is C23H23BrN2O4S. The molecule has 0 spiro atoms. The van der Waals surface area contributed by atoms with Crippen LogP contribution in [0.5, 0.6) is 5.75 Å². The Kier molecular flexibility index (Phi) is 7.35. The van der Waals surface area contributed by atoms with Crippen molar-refractivity contribution in [2.75, 3.05) is 29.8 Å². The van der Waals surface area contributed by atoms with Gasteiger partial charge in [-0.3, -0.25) is 9.10 Å². The van der Waals surface area contributed by atoms with Gasteiger partial charge >= 0.3 is 0 Å². The monoisotopic (exact) mass is 502 g/mol. The second-order valence-electron chi connectivity index (χ2n) is 6.66. The number of anilines is 2.